The van der Waals surface area contributed by atoms with E-state index in [2.05, 4.69) is 29.6 Å². The predicted octanol–water partition coefficient (Wildman–Crippen LogP) is 3.03. The molecule has 0 aromatic carbocycles. The van der Waals surface area contributed by atoms with Gasteiger partial charge >= 0.3 is 0 Å². The fourth-order valence-electron chi connectivity index (χ4n) is 3.14. The molecule has 28 heavy (non-hydrogen) atoms. The standard InChI is InChI=1S/C20H33N5O2.HI/c1-7-16-15(17(8-2)25(6)24-16)12-22-19(21-9-3)23-13-20(5,26)18-11-10-14(4)27-18;/h10-11,26H,7-9,12-13H2,1-6H3,(H2,21,22,23);1H. The number of furan rings is 1. The summed E-state index contributed by atoms with van der Waals surface area (Å²) in [6, 6.07) is 3.65. The Bertz CT molecular complexity index is 780. The van der Waals surface area contributed by atoms with Gasteiger partial charge in [-0.05, 0) is 45.7 Å². The van der Waals surface area contributed by atoms with E-state index in [4.69, 9.17) is 9.41 Å². The average Bonchev–Trinajstić information content (AvgIpc) is 3.20. The Morgan fingerprint density at radius 1 is 1.25 bits per heavy atom. The molecule has 2 aromatic rings. The van der Waals surface area contributed by atoms with Gasteiger partial charge in [-0.15, -0.1) is 24.0 Å². The molecule has 7 nitrogen and oxygen atoms in total. The zero-order valence-electron chi connectivity index (χ0n) is 17.8. The molecule has 0 amide bonds. The SMILES string of the molecule is CCNC(=NCc1c(CC)nn(C)c1CC)NCC(C)(O)c1ccc(C)o1.I. The van der Waals surface area contributed by atoms with Crippen molar-refractivity contribution < 1.29 is 9.52 Å². The summed E-state index contributed by atoms with van der Waals surface area (Å²) in [7, 11) is 1.98. The van der Waals surface area contributed by atoms with E-state index in [0.717, 1.165) is 30.8 Å². The van der Waals surface area contributed by atoms with Crippen LogP contribution in [0.3, 0.4) is 0 Å². The van der Waals surface area contributed by atoms with Gasteiger partial charge < -0.3 is 20.2 Å². The summed E-state index contributed by atoms with van der Waals surface area (Å²) >= 11 is 0. The number of rotatable bonds is 8. The fraction of sp³-hybridized carbons (Fsp3) is 0.600. The second kappa shape index (κ2) is 10.8. The van der Waals surface area contributed by atoms with Crippen molar-refractivity contribution >= 4 is 29.9 Å². The van der Waals surface area contributed by atoms with Crippen LogP contribution in [0.4, 0.5) is 0 Å². The predicted molar refractivity (Wildman–Crippen MR) is 123 cm³/mol. The molecule has 1 unspecified atom stereocenters. The molecule has 0 saturated heterocycles. The highest BCUT2D eigenvalue weighted by Gasteiger charge is 2.27. The minimum Gasteiger partial charge on any atom is -0.463 e. The minimum absolute atomic E-state index is 0. The van der Waals surface area contributed by atoms with Gasteiger partial charge in [0.05, 0.1) is 18.8 Å². The summed E-state index contributed by atoms with van der Waals surface area (Å²) in [6.45, 7) is 11.4. The third-order valence-electron chi connectivity index (χ3n) is 4.64. The van der Waals surface area contributed by atoms with Crippen molar-refractivity contribution in [2.75, 3.05) is 13.1 Å². The van der Waals surface area contributed by atoms with Crippen molar-refractivity contribution in [3.05, 3.63) is 40.6 Å². The number of nitrogens with zero attached hydrogens (tertiary/aromatic N) is 3. The molecule has 0 aliphatic carbocycles. The molecule has 8 heteroatoms. The minimum atomic E-state index is -1.12. The molecule has 2 heterocycles. The number of aromatic nitrogens is 2. The molecular formula is C20H34IN5O2. The highest BCUT2D eigenvalue weighted by atomic mass is 127. The summed E-state index contributed by atoms with van der Waals surface area (Å²) in [5.41, 5.74) is 2.37. The van der Waals surface area contributed by atoms with E-state index in [1.54, 1.807) is 13.0 Å². The number of hydrogen-bond donors (Lipinski definition) is 3. The number of guanidine groups is 1. The molecule has 158 valence electrons. The number of aliphatic hydroxyl groups is 1. The van der Waals surface area contributed by atoms with Crippen LogP contribution < -0.4 is 10.6 Å². The number of aliphatic imine (C=N–C) groups is 1. The van der Waals surface area contributed by atoms with Crippen molar-refractivity contribution in [1.82, 2.24) is 20.4 Å². The van der Waals surface area contributed by atoms with E-state index in [1.165, 1.54) is 11.3 Å². The second-order valence-corrected chi connectivity index (χ2v) is 6.94. The summed E-state index contributed by atoms with van der Waals surface area (Å²) in [4.78, 5) is 4.72. The maximum Gasteiger partial charge on any atom is 0.191 e. The van der Waals surface area contributed by atoms with Gasteiger partial charge in [-0.1, -0.05) is 13.8 Å². The zero-order chi connectivity index (χ0) is 20.0. The lowest BCUT2D eigenvalue weighted by atomic mass is 10.0. The van der Waals surface area contributed by atoms with Crippen molar-refractivity contribution in [3.8, 4) is 0 Å². The van der Waals surface area contributed by atoms with Gasteiger partial charge in [0.1, 0.15) is 17.1 Å². The van der Waals surface area contributed by atoms with Gasteiger partial charge in [0.2, 0.25) is 0 Å². The lowest BCUT2D eigenvalue weighted by Crippen LogP contribution is -2.44. The Hall–Kier alpha value is -1.55. The smallest absolute Gasteiger partial charge is 0.191 e. The Kier molecular flexibility index (Phi) is 9.49. The van der Waals surface area contributed by atoms with Gasteiger partial charge in [0, 0.05) is 24.8 Å². The monoisotopic (exact) mass is 503 g/mol. The molecule has 0 radical (unpaired) electrons. The molecule has 1 atom stereocenters. The van der Waals surface area contributed by atoms with Crippen LogP contribution >= 0.6 is 24.0 Å². The molecule has 0 saturated carbocycles. The normalized spacial score (nSPS) is 13.8. The van der Waals surface area contributed by atoms with Gasteiger partial charge in [-0.2, -0.15) is 5.10 Å². The Morgan fingerprint density at radius 2 is 1.96 bits per heavy atom. The van der Waals surface area contributed by atoms with E-state index in [-0.39, 0.29) is 24.0 Å². The summed E-state index contributed by atoms with van der Waals surface area (Å²) in [6.07, 6.45) is 1.81. The molecular weight excluding hydrogens is 469 g/mol. The van der Waals surface area contributed by atoms with Crippen LogP contribution in [0.1, 0.15) is 56.2 Å². The maximum absolute atomic E-state index is 10.7. The van der Waals surface area contributed by atoms with Crippen LogP contribution in [0.15, 0.2) is 21.5 Å². The van der Waals surface area contributed by atoms with E-state index >= 15 is 0 Å². The fourth-order valence-corrected chi connectivity index (χ4v) is 3.14. The molecule has 0 bridgehead atoms. The molecule has 0 fully saturated rings. The topological polar surface area (TPSA) is 87.6 Å². The van der Waals surface area contributed by atoms with Crippen LogP contribution in [0.5, 0.6) is 0 Å². The van der Waals surface area contributed by atoms with E-state index in [1.807, 2.05) is 31.6 Å². The molecule has 2 aromatic heterocycles. The average molecular weight is 503 g/mol. The van der Waals surface area contributed by atoms with Crippen LogP contribution in [0, 0.1) is 6.92 Å². The number of halogens is 1. The van der Waals surface area contributed by atoms with E-state index in [9.17, 15) is 5.11 Å². The van der Waals surface area contributed by atoms with Crippen molar-refractivity contribution in [2.45, 2.75) is 59.6 Å². The largest absolute Gasteiger partial charge is 0.463 e. The summed E-state index contributed by atoms with van der Waals surface area (Å²) < 4.78 is 7.52. The third-order valence-corrected chi connectivity index (χ3v) is 4.64. The van der Waals surface area contributed by atoms with Crippen LogP contribution in [0.25, 0.3) is 0 Å². The van der Waals surface area contributed by atoms with Crippen molar-refractivity contribution in [3.63, 3.8) is 0 Å². The zero-order valence-corrected chi connectivity index (χ0v) is 20.1. The maximum atomic E-state index is 10.7. The second-order valence-electron chi connectivity index (χ2n) is 6.94. The summed E-state index contributed by atoms with van der Waals surface area (Å²) in [5.74, 6) is 1.98. The molecule has 3 N–H and O–H groups in total. The first-order valence-electron chi connectivity index (χ1n) is 9.67. The third kappa shape index (κ3) is 5.97. The molecule has 0 aliphatic heterocycles. The van der Waals surface area contributed by atoms with Crippen molar-refractivity contribution in [1.29, 1.82) is 0 Å². The first kappa shape index (κ1) is 24.5. The van der Waals surface area contributed by atoms with E-state index < -0.39 is 5.60 Å². The van der Waals surface area contributed by atoms with Gasteiger partial charge in [0.25, 0.3) is 0 Å². The molecule has 0 aliphatic rings. The van der Waals surface area contributed by atoms with Crippen LogP contribution in [-0.2, 0) is 32.0 Å². The lowest BCUT2D eigenvalue weighted by molar-refractivity contribution is 0.0378. The van der Waals surface area contributed by atoms with Gasteiger partial charge in [-0.25, -0.2) is 4.99 Å². The van der Waals surface area contributed by atoms with Crippen LogP contribution in [-0.4, -0.2) is 33.9 Å². The number of nitrogens with one attached hydrogen (secondary N) is 2. The number of hydrogen-bond acceptors (Lipinski definition) is 4. The Balaban J connectivity index is 0.00000392. The highest BCUT2D eigenvalue weighted by Crippen LogP contribution is 2.22. The first-order valence-corrected chi connectivity index (χ1v) is 9.67. The Labute approximate surface area is 185 Å². The lowest BCUT2D eigenvalue weighted by Gasteiger charge is -2.23. The highest BCUT2D eigenvalue weighted by molar-refractivity contribution is 14.0. The number of aryl methyl sites for hydroxylation is 3. The Morgan fingerprint density at radius 3 is 2.50 bits per heavy atom. The molecule has 2 rings (SSSR count). The van der Waals surface area contributed by atoms with Gasteiger partial charge in [-0.3, -0.25) is 4.68 Å². The molecule has 0 spiro atoms. The first-order chi connectivity index (χ1) is 12.8. The quantitative estimate of drug-likeness (QED) is 0.293. The summed E-state index contributed by atoms with van der Waals surface area (Å²) in [5, 5.41) is 21.8. The van der Waals surface area contributed by atoms with Crippen molar-refractivity contribution in [2.24, 2.45) is 12.0 Å². The van der Waals surface area contributed by atoms with Gasteiger partial charge in [0.15, 0.2) is 5.96 Å². The van der Waals surface area contributed by atoms with E-state index in [0.29, 0.717) is 24.8 Å². The van der Waals surface area contributed by atoms with Crippen LogP contribution in [0.2, 0.25) is 0 Å².